The fraction of sp³-hybridized carbons (Fsp3) is 0.0714. The van der Waals surface area contributed by atoms with Crippen molar-refractivity contribution in [2.24, 2.45) is 0 Å². The predicted octanol–water partition coefficient (Wildman–Crippen LogP) is 13.8. The van der Waals surface area contributed by atoms with Crippen molar-refractivity contribution in [3.63, 3.8) is 0 Å². The van der Waals surface area contributed by atoms with E-state index < -0.39 is 0 Å². The van der Waals surface area contributed by atoms with Gasteiger partial charge in [0.25, 0.3) is 0 Å². The molecule has 0 saturated carbocycles. The maximum Gasteiger partial charge on any atom is 0.205 e. The number of ether oxygens (including phenoxy) is 4. The van der Waals surface area contributed by atoms with Crippen LogP contribution in [0.4, 0.5) is 5.69 Å². The van der Waals surface area contributed by atoms with Crippen LogP contribution < -0.4 is 18.9 Å². The smallest absolute Gasteiger partial charge is 0.205 e. The van der Waals surface area contributed by atoms with Crippen LogP contribution >= 0.6 is 0 Å². The lowest BCUT2D eigenvalue weighted by Gasteiger charge is -2.15. The first-order chi connectivity index (χ1) is 30.4. The van der Waals surface area contributed by atoms with Gasteiger partial charge < -0.3 is 18.9 Å². The average Bonchev–Trinajstić information content (AvgIpc) is 3.34. The van der Waals surface area contributed by atoms with Crippen LogP contribution in [0, 0.1) is 17.9 Å². The molecule has 6 nitrogen and oxygen atoms in total. The summed E-state index contributed by atoms with van der Waals surface area (Å²) in [5.74, 6) is 3.18. The molecule has 0 aliphatic carbocycles. The van der Waals surface area contributed by atoms with E-state index in [0.29, 0.717) is 11.3 Å². The lowest BCUT2D eigenvalue weighted by molar-refractivity contribution is 0.414. The van der Waals surface area contributed by atoms with Gasteiger partial charge in [0.2, 0.25) is 5.69 Å². The molecule has 0 bridgehead atoms. The van der Waals surface area contributed by atoms with Crippen LogP contribution in [0.3, 0.4) is 0 Å². The lowest BCUT2D eigenvalue weighted by Crippen LogP contribution is -1.91. The molecule has 300 valence electrons. The van der Waals surface area contributed by atoms with Gasteiger partial charge in [-0.3, -0.25) is 0 Å². The van der Waals surface area contributed by atoms with Crippen molar-refractivity contribution in [1.29, 1.82) is 5.26 Å². The summed E-state index contributed by atoms with van der Waals surface area (Å²) in [6.07, 6.45) is 4.36. The summed E-state index contributed by atoms with van der Waals surface area (Å²) in [5.41, 5.74) is 13.0. The van der Waals surface area contributed by atoms with Crippen LogP contribution in [0.15, 0.2) is 170 Å². The van der Waals surface area contributed by atoms with Gasteiger partial charge in [-0.15, -0.1) is 0 Å². The zero-order valence-electron chi connectivity index (χ0n) is 34.8. The van der Waals surface area contributed by atoms with Crippen LogP contribution in [-0.4, -0.2) is 28.4 Å². The number of benzene rings is 8. The summed E-state index contributed by atoms with van der Waals surface area (Å²) in [7, 11) is 6.67. The Balaban J connectivity index is 1.17. The quantitative estimate of drug-likeness (QED) is 0.0909. The Hall–Kier alpha value is -8.32. The molecule has 6 heteroatoms. The topological polar surface area (TPSA) is 65.1 Å². The van der Waals surface area contributed by atoms with Gasteiger partial charge in [-0.1, -0.05) is 109 Å². The molecule has 8 rings (SSSR count). The van der Waals surface area contributed by atoms with E-state index in [1.165, 1.54) is 0 Å². The Morgan fingerprint density at radius 2 is 0.774 bits per heavy atom. The zero-order valence-corrected chi connectivity index (χ0v) is 34.8. The van der Waals surface area contributed by atoms with E-state index in [-0.39, 0.29) is 0 Å². The fourth-order valence-corrected chi connectivity index (χ4v) is 7.67. The maximum atomic E-state index is 10.1. The SMILES string of the molecule is [C-]#[N+]c1cc2c(-c3ccc(C=C(c4ccc(OC)cc4)c4ccc(OC)cc4)cc3)ccc(-c3ccc(C=C(c4ccc(OC)cc4)c4ccc(OC)cc4)cc3)c2cc1C#N. The number of hydrogen-bond acceptors (Lipinski definition) is 5. The number of fused-ring (bicyclic) bond motifs is 1. The number of nitriles is 1. The highest BCUT2D eigenvalue weighted by Gasteiger charge is 2.15. The Morgan fingerprint density at radius 3 is 1.06 bits per heavy atom. The molecular formula is C56H42N2O4. The first kappa shape index (κ1) is 40.5. The third-order valence-electron chi connectivity index (χ3n) is 11.0. The van der Waals surface area contributed by atoms with Crippen molar-refractivity contribution >= 4 is 39.8 Å². The summed E-state index contributed by atoms with van der Waals surface area (Å²) in [5, 5.41) is 11.9. The lowest BCUT2D eigenvalue weighted by atomic mass is 9.89. The molecule has 8 aromatic rings. The van der Waals surface area contributed by atoms with Gasteiger partial charge >= 0.3 is 0 Å². The van der Waals surface area contributed by atoms with Crippen molar-refractivity contribution in [3.8, 4) is 51.3 Å². The van der Waals surface area contributed by atoms with E-state index in [2.05, 4.69) is 132 Å². The second-order valence-corrected chi connectivity index (χ2v) is 14.6. The molecular weight excluding hydrogens is 765 g/mol. The largest absolute Gasteiger partial charge is 0.497 e. The van der Waals surface area contributed by atoms with Crippen LogP contribution in [0.2, 0.25) is 0 Å². The van der Waals surface area contributed by atoms with E-state index in [1.807, 2.05) is 60.7 Å². The molecule has 0 aliphatic rings. The molecule has 0 atom stereocenters. The van der Waals surface area contributed by atoms with Crippen molar-refractivity contribution in [2.75, 3.05) is 28.4 Å². The minimum absolute atomic E-state index is 0.326. The molecule has 0 spiro atoms. The van der Waals surface area contributed by atoms with E-state index in [4.69, 9.17) is 25.5 Å². The summed E-state index contributed by atoms with van der Waals surface area (Å²) in [4.78, 5) is 3.75. The number of hydrogen-bond donors (Lipinski definition) is 0. The first-order valence-corrected chi connectivity index (χ1v) is 20.0. The Labute approximate surface area is 362 Å². The number of rotatable bonds is 12. The third-order valence-corrected chi connectivity index (χ3v) is 11.0. The third kappa shape index (κ3) is 8.54. The molecule has 0 N–H and O–H groups in total. The van der Waals surface area contributed by atoms with Gasteiger partial charge in [-0.25, -0.2) is 4.85 Å². The van der Waals surface area contributed by atoms with Crippen LogP contribution in [0.25, 0.3) is 61.2 Å². The van der Waals surface area contributed by atoms with Crippen LogP contribution in [0.1, 0.15) is 38.9 Å². The second-order valence-electron chi connectivity index (χ2n) is 14.6. The van der Waals surface area contributed by atoms with Crippen molar-refractivity contribution in [3.05, 3.63) is 220 Å². The average molecular weight is 807 g/mol. The summed E-state index contributed by atoms with van der Waals surface area (Å²) in [6, 6.07) is 59.3. The van der Waals surface area contributed by atoms with E-state index in [0.717, 1.165) is 101 Å². The summed E-state index contributed by atoms with van der Waals surface area (Å²) >= 11 is 0. The van der Waals surface area contributed by atoms with Gasteiger partial charge in [0.15, 0.2) is 0 Å². The van der Waals surface area contributed by atoms with Crippen LogP contribution in [0.5, 0.6) is 23.0 Å². The molecule has 0 fully saturated rings. The molecule has 0 aromatic heterocycles. The van der Waals surface area contributed by atoms with E-state index in [1.54, 1.807) is 28.4 Å². The van der Waals surface area contributed by atoms with Gasteiger partial charge in [0.05, 0.1) is 46.6 Å². The van der Waals surface area contributed by atoms with Gasteiger partial charge in [-0.05, 0) is 150 Å². The van der Waals surface area contributed by atoms with Crippen LogP contribution in [-0.2, 0) is 0 Å². The normalized spacial score (nSPS) is 10.5. The maximum absolute atomic E-state index is 10.1. The minimum atomic E-state index is 0.326. The molecule has 0 aliphatic heterocycles. The molecule has 0 unspecified atom stereocenters. The molecule has 8 aromatic carbocycles. The predicted molar refractivity (Wildman–Crippen MR) is 252 cm³/mol. The Morgan fingerprint density at radius 1 is 0.452 bits per heavy atom. The summed E-state index contributed by atoms with van der Waals surface area (Å²) < 4.78 is 21.7. The molecule has 0 amide bonds. The fourth-order valence-electron chi connectivity index (χ4n) is 7.67. The Kier molecular flexibility index (Phi) is 11.9. The zero-order chi connectivity index (χ0) is 43.0. The van der Waals surface area contributed by atoms with Crippen molar-refractivity contribution in [2.45, 2.75) is 0 Å². The van der Waals surface area contributed by atoms with Crippen molar-refractivity contribution in [1.82, 2.24) is 0 Å². The highest BCUT2D eigenvalue weighted by Crippen LogP contribution is 2.40. The van der Waals surface area contributed by atoms with E-state index >= 15 is 0 Å². The number of nitrogens with zero attached hydrogens (tertiary/aromatic N) is 2. The molecule has 0 saturated heterocycles. The molecule has 0 radical (unpaired) electrons. The first-order valence-electron chi connectivity index (χ1n) is 20.0. The second kappa shape index (κ2) is 18.3. The minimum Gasteiger partial charge on any atom is -0.497 e. The highest BCUT2D eigenvalue weighted by molar-refractivity contribution is 6.07. The summed E-state index contributed by atoms with van der Waals surface area (Å²) in [6.45, 7) is 7.92. The molecule has 0 heterocycles. The van der Waals surface area contributed by atoms with Gasteiger partial charge in [0, 0.05) is 0 Å². The Bertz CT molecular complexity index is 2700. The van der Waals surface area contributed by atoms with Gasteiger partial charge in [-0.2, -0.15) is 5.26 Å². The van der Waals surface area contributed by atoms with E-state index in [9.17, 15) is 5.26 Å². The molecule has 62 heavy (non-hydrogen) atoms. The monoisotopic (exact) mass is 806 g/mol. The van der Waals surface area contributed by atoms with Crippen molar-refractivity contribution < 1.29 is 18.9 Å². The highest BCUT2D eigenvalue weighted by atomic mass is 16.5. The standard InChI is InChI=1S/C56H42N2O4/c1-58-56-35-55-51(40-12-8-38(9-13-40)33-53(43-18-26-48(61-4)27-19-43)44-20-28-49(62-5)29-21-44)31-30-50(54(55)34-45(56)36-57)39-10-6-37(7-11-39)32-52(41-14-22-46(59-2)23-15-41)42-16-24-47(60-3)25-17-42/h6-35H,2-5H3. The van der Waals surface area contributed by atoms with Gasteiger partial charge in [0.1, 0.15) is 23.0 Å². The number of methoxy groups -OCH3 is 4.